The predicted molar refractivity (Wildman–Crippen MR) is 157 cm³/mol. The molecule has 0 aliphatic carbocycles. The van der Waals surface area contributed by atoms with Crippen LogP contribution in [0, 0.1) is 13.8 Å². The van der Waals surface area contributed by atoms with Crippen molar-refractivity contribution in [3.05, 3.63) is 88.0 Å². The number of aryl methyl sites for hydroxylation is 2. The van der Waals surface area contributed by atoms with Crippen molar-refractivity contribution in [2.24, 2.45) is 0 Å². The second-order valence-corrected chi connectivity index (χ2v) is 10.9. The first-order chi connectivity index (χ1) is 18.9. The molecule has 210 valence electrons. The molecule has 3 aromatic carbocycles. The standard InChI is InChI=1S/C33H37NO6/c1-9-40-27-17-21(11-14-26(27)39-8)29-28(30(35)24-18-22(33(4,5)6)12-15-25(24)38-7)31(36)32(37)34(29)23-13-10-19(2)20(3)16-23/h10-18,29,35H,9H2,1-8H3/b30-28+. The van der Waals surface area contributed by atoms with Gasteiger partial charge in [-0.05, 0) is 84.8 Å². The SMILES string of the molecule is CCOc1cc(C2/C(=C(\O)c3cc(C(C)(C)C)ccc3OC)C(=O)C(=O)N2c2ccc(C)c(C)c2)ccc1OC. The van der Waals surface area contributed by atoms with Gasteiger partial charge in [0.1, 0.15) is 11.5 Å². The number of methoxy groups -OCH3 is 2. The minimum absolute atomic E-state index is 0.0276. The Morgan fingerprint density at radius 2 is 1.55 bits per heavy atom. The molecule has 1 aliphatic rings. The molecular weight excluding hydrogens is 506 g/mol. The van der Waals surface area contributed by atoms with Crippen molar-refractivity contribution < 1.29 is 28.9 Å². The Morgan fingerprint density at radius 3 is 2.15 bits per heavy atom. The molecule has 0 aromatic heterocycles. The number of hydrogen-bond donors (Lipinski definition) is 1. The van der Waals surface area contributed by atoms with Crippen molar-refractivity contribution in [3.63, 3.8) is 0 Å². The van der Waals surface area contributed by atoms with E-state index < -0.39 is 17.7 Å². The molecule has 1 heterocycles. The van der Waals surface area contributed by atoms with Crippen molar-refractivity contribution in [2.45, 2.75) is 53.0 Å². The smallest absolute Gasteiger partial charge is 0.300 e. The largest absolute Gasteiger partial charge is 0.507 e. The van der Waals surface area contributed by atoms with Gasteiger partial charge in [-0.1, -0.05) is 39.0 Å². The van der Waals surface area contributed by atoms with Crippen molar-refractivity contribution in [1.82, 2.24) is 0 Å². The topological polar surface area (TPSA) is 85.3 Å². The highest BCUT2D eigenvalue weighted by Gasteiger charge is 2.47. The third-order valence-corrected chi connectivity index (χ3v) is 7.34. The highest BCUT2D eigenvalue weighted by atomic mass is 16.5. The van der Waals surface area contributed by atoms with E-state index in [0.717, 1.165) is 16.7 Å². The minimum atomic E-state index is -0.921. The number of nitrogens with zero attached hydrogens (tertiary/aromatic N) is 1. The Hall–Kier alpha value is -4.26. The highest BCUT2D eigenvalue weighted by molar-refractivity contribution is 6.51. The summed E-state index contributed by atoms with van der Waals surface area (Å²) >= 11 is 0. The average Bonchev–Trinajstić information content (AvgIpc) is 3.19. The molecule has 1 aliphatic heterocycles. The van der Waals surface area contributed by atoms with E-state index in [1.54, 1.807) is 31.4 Å². The fraction of sp³-hybridized carbons (Fsp3) is 0.333. The Bertz CT molecular complexity index is 1500. The summed E-state index contributed by atoms with van der Waals surface area (Å²) in [5.41, 5.74) is 4.21. The summed E-state index contributed by atoms with van der Waals surface area (Å²) in [6.07, 6.45) is 0. The van der Waals surface area contributed by atoms with Gasteiger partial charge in [0.05, 0.1) is 38.0 Å². The van der Waals surface area contributed by atoms with Crippen LogP contribution in [-0.2, 0) is 15.0 Å². The van der Waals surface area contributed by atoms with Gasteiger partial charge >= 0.3 is 0 Å². The lowest BCUT2D eigenvalue weighted by Crippen LogP contribution is -2.29. The van der Waals surface area contributed by atoms with Gasteiger partial charge < -0.3 is 19.3 Å². The normalized spacial score (nSPS) is 16.8. The van der Waals surface area contributed by atoms with E-state index in [1.807, 2.05) is 51.1 Å². The maximum absolute atomic E-state index is 13.7. The fourth-order valence-electron chi connectivity index (χ4n) is 4.93. The first kappa shape index (κ1) is 28.7. The maximum Gasteiger partial charge on any atom is 0.300 e. The number of anilines is 1. The number of Topliss-reactive ketones (excluding diaryl/α,β-unsaturated/α-hetero) is 1. The van der Waals surface area contributed by atoms with Crippen LogP contribution in [-0.4, -0.2) is 37.6 Å². The van der Waals surface area contributed by atoms with Crippen LogP contribution in [0.3, 0.4) is 0 Å². The number of aliphatic hydroxyl groups is 1. The number of carbonyl (C=O) groups excluding carboxylic acids is 2. The molecule has 3 aromatic rings. The lowest BCUT2D eigenvalue weighted by molar-refractivity contribution is -0.132. The van der Waals surface area contributed by atoms with Crippen molar-refractivity contribution >= 4 is 23.1 Å². The summed E-state index contributed by atoms with van der Waals surface area (Å²) in [4.78, 5) is 28.9. The van der Waals surface area contributed by atoms with Gasteiger partial charge in [-0.25, -0.2) is 0 Å². The quantitative estimate of drug-likeness (QED) is 0.204. The maximum atomic E-state index is 13.7. The molecule has 1 amide bonds. The molecule has 0 saturated carbocycles. The van der Waals surface area contributed by atoms with Crippen LogP contribution < -0.4 is 19.1 Å². The summed E-state index contributed by atoms with van der Waals surface area (Å²) in [5, 5.41) is 11.8. The number of rotatable bonds is 7. The van der Waals surface area contributed by atoms with Gasteiger partial charge in [-0.15, -0.1) is 0 Å². The molecule has 7 nitrogen and oxygen atoms in total. The molecule has 7 heteroatoms. The lowest BCUT2D eigenvalue weighted by Gasteiger charge is -2.27. The predicted octanol–water partition coefficient (Wildman–Crippen LogP) is 6.64. The highest BCUT2D eigenvalue weighted by Crippen LogP contribution is 2.45. The molecule has 0 spiro atoms. The van der Waals surface area contributed by atoms with Crippen LogP contribution in [0.2, 0.25) is 0 Å². The van der Waals surface area contributed by atoms with E-state index >= 15 is 0 Å². The van der Waals surface area contributed by atoms with Gasteiger partial charge in [0.15, 0.2) is 11.5 Å². The zero-order valence-electron chi connectivity index (χ0n) is 24.4. The minimum Gasteiger partial charge on any atom is -0.507 e. The van der Waals surface area contributed by atoms with E-state index in [9.17, 15) is 14.7 Å². The number of hydrogen-bond acceptors (Lipinski definition) is 6. The van der Waals surface area contributed by atoms with E-state index in [1.165, 1.54) is 12.0 Å². The van der Waals surface area contributed by atoms with Gasteiger partial charge in [0.2, 0.25) is 0 Å². The molecule has 1 unspecified atom stereocenters. The van der Waals surface area contributed by atoms with E-state index in [2.05, 4.69) is 20.8 Å². The number of aliphatic hydroxyl groups excluding tert-OH is 1. The van der Waals surface area contributed by atoms with Gasteiger partial charge in [0.25, 0.3) is 11.7 Å². The van der Waals surface area contributed by atoms with Crippen LogP contribution >= 0.6 is 0 Å². The molecule has 1 N–H and O–H groups in total. The van der Waals surface area contributed by atoms with Crippen LogP contribution in [0.15, 0.2) is 60.2 Å². The number of ketones is 1. The van der Waals surface area contributed by atoms with Crippen LogP contribution in [0.4, 0.5) is 5.69 Å². The lowest BCUT2D eigenvalue weighted by atomic mass is 9.85. The summed E-state index contributed by atoms with van der Waals surface area (Å²) in [7, 11) is 3.05. The molecule has 40 heavy (non-hydrogen) atoms. The second kappa shape index (κ2) is 11.1. The Morgan fingerprint density at radius 1 is 0.875 bits per heavy atom. The molecular formula is C33H37NO6. The van der Waals surface area contributed by atoms with Crippen LogP contribution in [0.1, 0.15) is 61.6 Å². The van der Waals surface area contributed by atoms with Crippen molar-refractivity contribution in [2.75, 3.05) is 25.7 Å². The van der Waals surface area contributed by atoms with E-state index in [-0.39, 0.29) is 16.7 Å². The summed E-state index contributed by atoms with van der Waals surface area (Å²) in [6.45, 7) is 12.4. The number of amides is 1. The third-order valence-electron chi connectivity index (χ3n) is 7.34. The van der Waals surface area contributed by atoms with Crippen LogP contribution in [0.5, 0.6) is 17.2 Å². The summed E-state index contributed by atoms with van der Waals surface area (Å²) in [6, 6.07) is 15.5. The molecule has 1 atom stereocenters. The van der Waals surface area contributed by atoms with Gasteiger partial charge in [-0.3, -0.25) is 14.5 Å². The fourth-order valence-corrected chi connectivity index (χ4v) is 4.93. The third kappa shape index (κ3) is 5.16. The zero-order valence-corrected chi connectivity index (χ0v) is 24.4. The van der Waals surface area contributed by atoms with E-state index in [0.29, 0.717) is 40.7 Å². The molecule has 4 rings (SSSR count). The average molecular weight is 544 g/mol. The molecule has 1 fully saturated rings. The van der Waals surface area contributed by atoms with Crippen molar-refractivity contribution in [1.29, 1.82) is 0 Å². The molecule has 1 saturated heterocycles. The summed E-state index contributed by atoms with van der Waals surface area (Å²) in [5.74, 6) is -0.418. The first-order valence-electron chi connectivity index (χ1n) is 13.3. The van der Waals surface area contributed by atoms with Gasteiger partial charge in [0, 0.05) is 5.69 Å². The zero-order chi connectivity index (χ0) is 29.4. The second-order valence-electron chi connectivity index (χ2n) is 10.9. The number of carbonyl (C=O) groups is 2. The summed E-state index contributed by atoms with van der Waals surface area (Å²) < 4.78 is 16.9. The molecule has 0 bridgehead atoms. The van der Waals surface area contributed by atoms with Gasteiger partial charge in [-0.2, -0.15) is 0 Å². The van der Waals surface area contributed by atoms with Crippen molar-refractivity contribution in [3.8, 4) is 17.2 Å². The Labute approximate surface area is 236 Å². The van der Waals surface area contributed by atoms with E-state index in [4.69, 9.17) is 14.2 Å². The Balaban J connectivity index is 2.03. The molecule has 0 radical (unpaired) electrons. The Kier molecular flexibility index (Phi) is 7.96. The monoisotopic (exact) mass is 543 g/mol. The number of benzene rings is 3. The first-order valence-corrected chi connectivity index (χ1v) is 13.3. The van der Waals surface area contributed by atoms with Crippen LogP contribution in [0.25, 0.3) is 5.76 Å². The number of ether oxygens (including phenoxy) is 3.